The zero-order valence-corrected chi connectivity index (χ0v) is 26.7. The molecule has 0 aromatic carbocycles. The van der Waals surface area contributed by atoms with Crippen molar-refractivity contribution in [2.24, 2.45) is 11.8 Å². The van der Waals surface area contributed by atoms with Gasteiger partial charge in [0.1, 0.15) is 22.8 Å². The lowest BCUT2D eigenvalue weighted by atomic mass is 9.95. The first-order chi connectivity index (χ1) is 21.4. The Bertz CT molecular complexity index is 1630. The molecule has 3 unspecified atom stereocenters. The summed E-state index contributed by atoms with van der Waals surface area (Å²) in [6.07, 6.45) is 9.48. The van der Waals surface area contributed by atoms with Crippen molar-refractivity contribution < 1.29 is 19.1 Å². The Balaban J connectivity index is 1.07. The fraction of sp³-hybridized carbons (Fsp3) is 0.576. The second-order valence-electron chi connectivity index (χ2n) is 14.4. The van der Waals surface area contributed by atoms with Crippen LogP contribution in [0.4, 0.5) is 16.6 Å². The van der Waals surface area contributed by atoms with Crippen molar-refractivity contribution in [1.29, 1.82) is 0 Å². The highest BCUT2D eigenvalue weighted by molar-refractivity contribution is 5.98. The highest BCUT2D eigenvalue weighted by atomic mass is 16.6. The van der Waals surface area contributed by atoms with Gasteiger partial charge in [0.05, 0.1) is 17.6 Å². The third kappa shape index (κ3) is 5.48. The summed E-state index contributed by atoms with van der Waals surface area (Å²) in [4.78, 5) is 58.6. The van der Waals surface area contributed by atoms with E-state index in [-0.39, 0.29) is 36.0 Å². The maximum Gasteiger partial charge on any atom is 0.410 e. The molecule has 5 heterocycles. The first-order valence-electron chi connectivity index (χ1n) is 16.1. The molecule has 1 N–H and O–H groups in total. The molecule has 2 saturated heterocycles. The number of amides is 3. The van der Waals surface area contributed by atoms with Gasteiger partial charge in [0.2, 0.25) is 5.95 Å². The summed E-state index contributed by atoms with van der Waals surface area (Å²) in [5.41, 5.74) is 1.33. The van der Waals surface area contributed by atoms with Crippen LogP contribution in [-0.4, -0.2) is 97.0 Å². The Kier molecular flexibility index (Phi) is 7.20. The highest BCUT2D eigenvalue weighted by Gasteiger charge is 2.46. The van der Waals surface area contributed by atoms with E-state index in [1.54, 1.807) is 43.5 Å². The summed E-state index contributed by atoms with van der Waals surface area (Å²) in [5, 5.41) is 4.03. The quantitative estimate of drug-likeness (QED) is 0.432. The lowest BCUT2D eigenvalue weighted by molar-refractivity contribution is -0.00336. The summed E-state index contributed by atoms with van der Waals surface area (Å²) < 4.78 is 7.78. The van der Waals surface area contributed by atoms with Crippen molar-refractivity contribution in [2.75, 3.05) is 32.5 Å². The molecule has 4 bridgehead atoms. The SMILES string of the molecule is CN(C)C(=O)c1cc2cnc(Nc3ccc(C(=O)N4CC5CCC(C4)N5C(=O)OC(C)(C)C)cn3)nc2n1[C@@H]1CC2CC[C@@H]1C2. The van der Waals surface area contributed by atoms with Crippen LogP contribution in [0.3, 0.4) is 0 Å². The molecule has 4 fully saturated rings. The molecule has 5 atom stereocenters. The van der Waals surface area contributed by atoms with Gasteiger partial charge in [0, 0.05) is 51.0 Å². The fourth-order valence-electron chi connectivity index (χ4n) is 7.90. The maximum atomic E-state index is 13.4. The number of carbonyl (C=O) groups is 3. The number of aromatic nitrogens is 4. The van der Waals surface area contributed by atoms with E-state index in [0.717, 1.165) is 30.3 Å². The minimum Gasteiger partial charge on any atom is -0.444 e. The van der Waals surface area contributed by atoms with Crippen LogP contribution >= 0.6 is 0 Å². The van der Waals surface area contributed by atoms with Crippen LogP contribution in [0.1, 0.15) is 86.2 Å². The molecule has 45 heavy (non-hydrogen) atoms. The summed E-state index contributed by atoms with van der Waals surface area (Å²) in [7, 11) is 3.55. The van der Waals surface area contributed by atoms with E-state index >= 15 is 0 Å². The molecule has 3 amide bonds. The number of ether oxygens (including phenoxy) is 1. The van der Waals surface area contributed by atoms with E-state index in [1.165, 1.54) is 19.3 Å². The predicted molar refractivity (Wildman–Crippen MR) is 168 cm³/mol. The van der Waals surface area contributed by atoms with Gasteiger partial charge in [0.15, 0.2) is 0 Å². The van der Waals surface area contributed by atoms with E-state index in [2.05, 4.69) is 19.9 Å². The molecule has 3 aromatic heterocycles. The second kappa shape index (κ2) is 11.0. The van der Waals surface area contributed by atoms with Gasteiger partial charge < -0.3 is 24.4 Å². The monoisotopic (exact) mass is 614 g/mol. The van der Waals surface area contributed by atoms with Gasteiger partial charge in [-0.15, -0.1) is 0 Å². The van der Waals surface area contributed by atoms with Crippen molar-refractivity contribution in [1.82, 2.24) is 34.2 Å². The largest absolute Gasteiger partial charge is 0.444 e. The van der Waals surface area contributed by atoms with Gasteiger partial charge >= 0.3 is 6.09 Å². The van der Waals surface area contributed by atoms with Crippen LogP contribution in [0.2, 0.25) is 0 Å². The van der Waals surface area contributed by atoms with Crippen molar-refractivity contribution in [2.45, 2.75) is 83.0 Å². The maximum absolute atomic E-state index is 13.4. The number of rotatable bonds is 5. The number of carbonyl (C=O) groups excluding carboxylic acids is 3. The van der Waals surface area contributed by atoms with Crippen molar-refractivity contribution in [3.8, 4) is 0 Å². The molecular weight excluding hydrogens is 572 g/mol. The summed E-state index contributed by atoms with van der Waals surface area (Å²) in [6.45, 7) is 6.55. The Morgan fingerprint density at radius 1 is 0.978 bits per heavy atom. The molecule has 0 radical (unpaired) electrons. The molecule has 4 aliphatic rings. The lowest BCUT2D eigenvalue weighted by Crippen LogP contribution is -2.57. The Morgan fingerprint density at radius 3 is 2.33 bits per heavy atom. The lowest BCUT2D eigenvalue weighted by Gasteiger charge is -2.41. The third-order valence-electron chi connectivity index (χ3n) is 9.86. The van der Waals surface area contributed by atoms with Gasteiger partial charge in [-0.1, -0.05) is 6.42 Å². The smallest absolute Gasteiger partial charge is 0.410 e. The van der Waals surface area contributed by atoms with E-state index in [0.29, 0.717) is 47.9 Å². The van der Waals surface area contributed by atoms with E-state index < -0.39 is 5.60 Å². The third-order valence-corrected chi connectivity index (χ3v) is 9.86. The molecular formula is C33H42N8O4. The fourth-order valence-corrected chi connectivity index (χ4v) is 7.90. The number of hydrogen-bond acceptors (Lipinski definition) is 8. The number of nitrogens with one attached hydrogen (secondary N) is 1. The molecule has 238 valence electrons. The zero-order chi connectivity index (χ0) is 31.6. The summed E-state index contributed by atoms with van der Waals surface area (Å²) in [6, 6.07) is 5.58. The predicted octanol–water partition coefficient (Wildman–Crippen LogP) is 4.86. The van der Waals surface area contributed by atoms with Gasteiger partial charge in [-0.2, -0.15) is 4.98 Å². The molecule has 12 heteroatoms. The van der Waals surface area contributed by atoms with Crippen LogP contribution in [0.15, 0.2) is 30.6 Å². The molecule has 0 spiro atoms. The Morgan fingerprint density at radius 2 is 1.73 bits per heavy atom. The second-order valence-corrected chi connectivity index (χ2v) is 14.4. The summed E-state index contributed by atoms with van der Waals surface area (Å²) >= 11 is 0. The number of piperazine rings is 1. The number of anilines is 2. The van der Waals surface area contributed by atoms with Gasteiger partial charge in [-0.25, -0.2) is 14.8 Å². The standard InChI is InChI=1S/C33H42N8O4/c1-33(2,3)45-32(44)40-23-9-10-24(40)18-39(17-23)29(42)21-8-11-27(34-15-21)36-31-35-16-22-14-26(30(43)38(4)5)41(28(22)37-31)25-13-19-6-7-20(25)12-19/h8,11,14-16,19-20,23-25H,6-7,9-10,12-13,17-18H2,1-5H3,(H,34,35,36,37)/t19?,20-,23?,24?,25-/m1/s1. The van der Waals surface area contributed by atoms with Crippen LogP contribution in [0, 0.1) is 11.8 Å². The normalized spacial score (nSPS) is 25.6. The minimum atomic E-state index is -0.560. The van der Waals surface area contributed by atoms with E-state index in [9.17, 15) is 14.4 Å². The van der Waals surface area contributed by atoms with E-state index in [1.807, 2.05) is 36.6 Å². The van der Waals surface area contributed by atoms with Crippen molar-refractivity contribution in [3.05, 3.63) is 41.9 Å². The Hall–Kier alpha value is -4.22. The van der Waals surface area contributed by atoms with Crippen molar-refractivity contribution in [3.63, 3.8) is 0 Å². The number of likely N-dealkylation sites (tertiary alicyclic amines) is 1. The number of hydrogen-bond donors (Lipinski definition) is 1. The topological polar surface area (TPSA) is 126 Å². The zero-order valence-electron chi connectivity index (χ0n) is 26.7. The van der Waals surface area contributed by atoms with Gasteiger partial charge in [-0.3, -0.25) is 14.5 Å². The number of fused-ring (bicyclic) bond motifs is 5. The van der Waals surface area contributed by atoms with Gasteiger partial charge in [-0.05, 0) is 82.9 Å². The van der Waals surface area contributed by atoms with Crippen LogP contribution in [-0.2, 0) is 4.74 Å². The molecule has 12 nitrogen and oxygen atoms in total. The average Bonchev–Trinajstić information content (AvgIpc) is 3.77. The number of nitrogens with zero attached hydrogens (tertiary/aromatic N) is 7. The van der Waals surface area contributed by atoms with E-state index in [4.69, 9.17) is 9.72 Å². The minimum absolute atomic E-state index is 0.0357. The average molecular weight is 615 g/mol. The van der Waals surface area contributed by atoms with Crippen molar-refractivity contribution >= 4 is 40.7 Å². The molecule has 3 aromatic rings. The van der Waals surface area contributed by atoms with Gasteiger partial charge in [0.25, 0.3) is 11.8 Å². The molecule has 7 rings (SSSR count). The summed E-state index contributed by atoms with van der Waals surface area (Å²) in [5.74, 6) is 2.04. The first kappa shape index (κ1) is 29.5. The molecule has 2 aliphatic carbocycles. The number of pyridine rings is 1. The van der Waals surface area contributed by atoms with Crippen LogP contribution in [0.25, 0.3) is 11.0 Å². The van der Waals surface area contributed by atoms with Crippen LogP contribution in [0.5, 0.6) is 0 Å². The first-order valence-corrected chi connectivity index (χ1v) is 16.1. The highest BCUT2D eigenvalue weighted by Crippen LogP contribution is 2.52. The molecule has 2 aliphatic heterocycles. The van der Waals surface area contributed by atoms with Crippen LogP contribution < -0.4 is 5.32 Å². The Labute approximate surface area is 263 Å². The molecule has 2 saturated carbocycles.